The second kappa shape index (κ2) is 9.66. The summed E-state index contributed by atoms with van der Waals surface area (Å²) in [5.41, 5.74) is 7.61. The van der Waals surface area contributed by atoms with Crippen molar-refractivity contribution in [2.45, 2.75) is 32.9 Å². The Bertz CT molecular complexity index is 1400. The number of nitrogens with zero attached hydrogens (tertiary/aromatic N) is 3. The van der Waals surface area contributed by atoms with Gasteiger partial charge in [-0.15, -0.1) is 0 Å². The minimum Gasteiger partial charge on any atom is -0.497 e. The molecule has 0 amide bonds. The van der Waals surface area contributed by atoms with Crippen LogP contribution in [0.4, 0.5) is 5.69 Å². The largest absolute Gasteiger partial charge is 0.497 e. The van der Waals surface area contributed by atoms with Crippen molar-refractivity contribution in [3.8, 4) is 17.2 Å². The van der Waals surface area contributed by atoms with E-state index in [2.05, 4.69) is 65.9 Å². The fourth-order valence-corrected chi connectivity index (χ4v) is 5.43. The Labute approximate surface area is 217 Å². The molecule has 1 fully saturated rings. The first-order valence-electron chi connectivity index (χ1n) is 11.9. The van der Waals surface area contributed by atoms with E-state index in [9.17, 15) is 0 Å². The predicted molar refractivity (Wildman–Crippen MR) is 147 cm³/mol. The summed E-state index contributed by atoms with van der Waals surface area (Å²) in [6, 6.07) is 22.3. The highest BCUT2D eigenvalue weighted by molar-refractivity contribution is 7.80. The highest BCUT2D eigenvalue weighted by Crippen LogP contribution is 2.47. The third kappa shape index (κ3) is 4.09. The number of benzene rings is 2. The predicted octanol–water partition coefficient (Wildman–Crippen LogP) is 5.99. The van der Waals surface area contributed by atoms with Crippen LogP contribution in [0.5, 0.6) is 11.5 Å². The number of ether oxygens (including phenoxy) is 2. The van der Waals surface area contributed by atoms with E-state index in [1.807, 2.05) is 42.6 Å². The van der Waals surface area contributed by atoms with Gasteiger partial charge in [0, 0.05) is 29.3 Å². The quantitative estimate of drug-likeness (QED) is 0.330. The van der Waals surface area contributed by atoms with Crippen LogP contribution in [0.2, 0.25) is 0 Å². The van der Waals surface area contributed by atoms with Gasteiger partial charge in [-0.25, -0.2) is 0 Å². The average Bonchev–Trinajstić information content (AvgIpc) is 3.39. The third-order valence-electron chi connectivity index (χ3n) is 6.82. The molecule has 36 heavy (non-hydrogen) atoms. The number of hydrogen-bond donors (Lipinski definition) is 1. The molecule has 0 radical (unpaired) electrons. The zero-order chi connectivity index (χ0) is 25.4. The topological polar surface area (TPSA) is 51.6 Å². The van der Waals surface area contributed by atoms with Crippen molar-refractivity contribution in [1.82, 2.24) is 14.9 Å². The molecular weight excluding hydrogens is 468 g/mol. The number of aryl methyl sites for hydroxylation is 2. The van der Waals surface area contributed by atoms with Gasteiger partial charge in [-0.1, -0.05) is 23.8 Å². The van der Waals surface area contributed by atoms with Crippen LogP contribution in [0.3, 0.4) is 0 Å². The molecule has 2 aromatic carbocycles. The van der Waals surface area contributed by atoms with Gasteiger partial charge < -0.3 is 24.3 Å². The second-order valence-electron chi connectivity index (χ2n) is 9.03. The minimum atomic E-state index is -0.154. The first kappa shape index (κ1) is 23.9. The molecule has 0 bridgehead atoms. The number of anilines is 1. The summed E-state index contributed by atoms with van der Waals surface area (Å²) >= 11 is 5.94. The van der Waals surface area contributed by atoms with Crippen LogP contribution in [0, 0.1) is 20.8 Å². The van der Waals surface area contributed by atoms with Gasteiger partial charge in [-0.3, -0.25) is 4.98 Å². The maximum Gasteiger partial charge on any atom is 0.174 e. The maximum absolute atomic E-state index is 5.94. The van der Waals surface area contributed by atoms with Crippen LogP contribution >= 0.6 is 12.2 Å². The summed E-state index contributed by atoms with van der Waals surface area (Å²) in [5.74, 6) is 1.46. The van der Waals surface area contributed by atoms with Crippen molar-refractivity contribution in [3.63, 3.8) is 0 Å². The zero-order valence-electron chi connectivity index (χ0n) is 21.1. The molecule has 0 aliphatic carbocycles. The lowest BCUT2D eigenvalue weighted by Gasteiger charge is -2.29. The maximum atomic E-state index is 5.94. The van der Waals surface area contributed by atoms with E-state index < -0.39 is 0 Å². The Hall–Kier alpha value is -3.84. The van der Waals surface area contributed by atoms with Crippen molar-refractivity contribution < 1.29 is 9.47 Å². The highest BCUT2D eigenvalue weighted by Gasteiger charge is 2.43. The Morgan fingerprint density at radius 1 is 0.917 bits per heavy atom. The van der Waals surface area contributed by atoms with Crippen LogP contribution in [-0.4, -0.2) is 28.9 Å². The lowest BCUT2D eigenvalue weighted by Crippen LogP contribution is -2.30. The molecule has 3 heterocycles. The lowest BCUT2D eigenvalue weighted by molar-refractivity contribution is 0.403. The molecule has 2 atom stereocenters. The number of methoxy groups -OCH3 is 2. The van der Waals surface area contributed by atoms with Gasteiger partial charge in [0.2, 0.25) is 0 Å². The molecule has 0 saturated carbocycles. The Kier molecular flexibility index (Phi) is 6.41. The van der Waals surface area contributed by atoms with Crippen LogP contribution in [-0.2, 0) is 0 Å². The highest BCUT2D eigenvalue weighted by atomic mass is 32.1. The van der Waals surface area contributed by atoms with Gasteiger partial charge in [-0.2, -0.15) is 0 Å². The molecule has 4 aromatic rings. The molecule has 1 aliphatic rings. The molecule has 2 unspecified atom stereocenters. The number of pyridine rings is 1. The first-order valence-corrected chi connectivity index (χ1v) is 12.3. The molecule has 2 aromatic heterocycles. The van der Waals surface area contributed by atoms with E-state index in [-0.39, 0.29) is 12.1 Å². The van der Waals surface area contributed by atoms with E-state index in [0.717, 1.165) is 40.0 Å². The van der Waals surface area contributed by atoms with E-state index in [4.69, 9.17) is 26.7 Å². The van der Waals surface area contributed by atoms with Crippen LogP contribution in [0.25, 0.3) is 5.69 Å². The number of aromatic nitrogens is 2. The van der Waals surface area contributed by atoms with Gasteiger partial charge in [0.15, 0.2) is 5.11 Å². The number of rotatable bonds is 6. The molecule has 5 rings (SSSR count). The van der Waals surface area contributed by atoms with Gasteiger partial charge >= 0.3 is 0 Å². The van der Waals surface area contributed by atoms with Crippen LogP contribution in [0.1, 0.15) is 40.3 Å². The number of thiocarbonyl (C=S) groups is 1. The van der Waals surface area contributed by atoms with Gasteiger partial charge in [-0.05, 0) is 81.0 Å². The van der Waals surface area contributed by atoms with E-state index >= 15 is 0 Å². The number of nitrogens with one attached hydrogen (secondary N) is 1. The minimum absolute atomic E-state index is 0.151. The molecule has 1 N–H and O–H groups in total. The summed E-state index contributed by atoms with van der Waals surface area (Å²) in [4.78, 5) is 6.83. The Morgan fingerprint density at radius 2 is 1.69 bits per heavy atom. The van der Waals surface area contributed by atoms with Crippen molar-refractivity contribution in [1.29, 1.82) is 0 Å². The molecule has 184 valence electrons. The van der Waals surface area contributed by atoms with Crippen molar-refractivity contribution in [3.05, 3.63) is 101 Å². The van der Waals surface area contributed by atoms with Gasteiger partial charge in [0.05, 0.1) is 37.7 Å². The lowest BCUT2D eigenvalue weighted by atomic mass is 9.96. The SMILES string of the molecule is COc1ccc(OC)c(N2C(=S)NC(c3ccccn3)C2c2cc(C)n(-c3ccc(C)cc3)c2C)c1. The first-order chi connectivity index (χ1) is 17.4. The van der Waals surface area contributed by atoms with Gasteiger partial charge in [0.25, 0.3) is 0 Å². The van der Waals surface area contributed by atoms with Crippen molar-refractivity contribution >= 4 is 23.0 Å². The van der Waals surface area contributed by atoms with E-state index in [1.165, 1.54) is 11.1 Å². The zero-order valence-corrected chi connectivity index (χ0v) is 22.0. The van der Waals surface area contributed by atoms with E-state index in [1.54, 1.807) is 14.2 Å². The Balaban J connectivity index is 1.71. The van der Waals surface area contributed by atoms with Crippen molar-refractivity contribution in [2.75, 3.05) is 19.1 Å². The van der Waals surface area contributed by atoms with Crippen LogP contribution in [0.15, 0.2) is 72.9 Å². The average molecular weight is 499 g/mol. The number of hydrogen-bond acceptors (Lipinski definition) is 4. The molecule has 7 heteroatoms. The molecular formula is C29H30N4O2S. The summed E-state index contributed by atoms with van der Waals surface area (Å²) in [6.45, 7) is 6.41. The van der Waals surface area contributed by atoms with E-state index in [0.29, 0.717) is 5.11 Å². The molecule has 0 spiro atoms. The summed E-state index contributed by atoms with van der Waals surface area (Å²) < 4.78 is 13.6. The summed E-state index contributed by atoms with van der Waals surface area (Å²) in [6.07, 6.45) is 1.82. The summed E-state index contributed by atoms with van der Waals surface area (Å²) in [5, 5.41) is 4.16. The third-order valence-corrected chi connectivity index (χ3v) is 7.14. The van der Waals surface area contributed by atoms with Gasteiger partial charge in [0.1, 0.15) is 11.5 Å². The fourth-order valence-electron chi connectivity index (χ4n) is 5.09. The normalized spacial score (nSPS) is 17.2. The standard InChI is InChI=1S/C29H30N4O2S/c1-18-9-11-21(12-10-18)32-19(2)16-23(20(32)3)28-27(24-8-6-7-15-30-24)31-29(36)33(28)25-17-22(34-4)13-14-26(25)35-5/h6-17,27-28H,1-5H3,(H,31,36). The molecule has 6 nitrogen and oxygen atoms in total. The van der Waals surface area contributed by atoms with Crippen molar-refractivity contribution in [2.24, 2.45) is 0 Å². The summed E-state index contributed by atoms with van der Waals surface area (Å²) in [7, 11) is 3.34. The Morgan fingerprint density at radius 3 is 2.36 bits per heavy atom. The molecule has 1 aliphatic heterocycles. The molecule has 1 saturated heterocycles. The second-order valence-corrected chi connectivity index (χ2v) is 9.42. The smallest absolute Gasteiger partial charge is 0.174 e. The monoisotopic (exact) mass is 498 g/mol. The fraction of sp³-hybridized carbons (Fsp3) is 0.241. The van der Waals surface area contributed by atoms with Crippen LogP contribution < -0.4 is 19.7 Å².